The van der Waals surface area contributed by atoms with Gasteiger partial charge in [-0.2, -0.15) is 0 Å². The van der Waals surface area contributed by atoms with Gasteiger partial charge in [0, 0.05) is 24.0 Å². The van der Waals surface area contributed by atoms with Crippen molar-refractivity contribution in [3.63, 3.8) is 0 Å². The minimum absolute atomic E-state index is 0.0169. The summed E-state index contributed by atoms with van der Waals surface area (Å²) in [6.45, 7) is 19.6. The van der Waals surface area contributed by atoms with Crippen LogP contribution in [0.5, 0.6) is 0 Å². The van der Waals surface area contributed by atoms with Crippen molar-refractivity contribution in [3.05, 3.63) is 35.8 Å². The number of benzene rings is 1. The summed E-state index contributed by atoms with van der Waals surface area (Å²) in [5.41, 5.74) is 1.15. The highest BCUT2D eigenvalue weighted by atomic mass is 28.4. The molecule has 184 valence electrons. The van der Waals surface area contributed by atoms with E-state index in [2.05, 4.69) is 33.9 Å². The molecule has 2 aromatic rings. The Morgan fingerprint density at radius 2 is 1.82 bits per heavy atom. The fourth-order valence-electron chi connectivity index (χ4n) is 3.52. The zero-order valence-corrected chi connectivity index (χ0v) is 22.8. The van der Waals surface area contributed by atoms with Crippen LogP contribution in [0.4, 0.5) is 4.39 Å². The van der Waals surface area contributed by atoms with E-state index < -0.39 is 19.9 Å². The molecule has 0 saturated heterocycles. The van der Waals surface area contributed by atoms with Gasteiger partial charge in [0.2, 0.25) is 0 Å². The summed E-state index contributed by atoms with van der Waals surface area (Å²) in [5.74, 6) is -1.13. The van der Waals surface area contributed by atoms with E-state index in [1.54, 1.807) is 32.9 Å². The van der Waals surface area contributed by atoms with Crippen LogP contribution < -0.4 is 0 Å². The number of halogens is 1. The number of esters is 1. The third kappa shape index (κ3) is 7.00. The molecule has 0 bridgehead atoms. The van der Waals surface area contributed by atoms with Crippen LogP contribution in [0.25, 0.3) is 10.9 Å². The SMILES string of the molecule is CCC(Cc1cn(CCO[Si](C)(C)C(C)(C)C)c2cc(F)ccc12)C(=N)C(=O)OC(C)(C)C. The molecule has 1 unspecified atom stereocenters. The molecule has 1 aromatic heterocycles. The number of ether oxygens (including phenoxy) is 1. The predicted molar refractivity (Wildman–Crippen MR) is 136 cm³/mol. The quantitative estimate of drug-likeness (QED) is 0.248. The zero-order chi connectivity index (χ0) is 25.2. The average Bonchev–Trinajstić information content (AvgIpc) is 2.99. The molecule has 0 radical (unpaired) electrons. The van der Waals surface area contributed by atoms with Crippen molar-refractivity contribution >= 4 is 30.9 Å². The molecule has 1 atom stereocenters. The van der Waals surface area contributed by atoms with E-state index in [1.807, 2.05) is 17.7 Å². The van der Waals surface area contributed by atoms with Crippen LogP contribution in [0.1, 0.15) is 60.5 Å². The highest BCUT2D eigenvalue weighted by Gasteiger charge is 2.37. The smallest absolute Gasteiger partial charge is 0.352 e. The summed E-state index contributed by atoms with van der Waals surface area (Å²) in [7, 11) is -1.88. The van der Waals surface area contributed by atoms with Crippen molar-refractivity contribution in [3.8, 4) is 0 Å². The summed E-state index contributed by atoms with van der Waals surface area (Å²) in [6, 6.07) is 4.79. The second-order valence-electron chi connectivity index (χ2n) is 11.3. The van der Waals surface area contributed by atoms with Gasteiger partial charge in [0.15, 0.2) is 8.32 Å². The van der Waals surface area contributed by atoms with Crippen LogP contribution in [0.15, 0.2) is 24.4 Å². The third-order valence-corrected chi connectivity index (χ3v) is 11.1. The van der Waals surface area contributed by atoms with Gasteiger partial charge in [0.1, 0.15) is 17.1 Å². The number of rotatable bonds is 9. The molecular formula is C26H41FN2O3Si. The molecule has 1 aromatic carbocycles. The van der Waals surface area contributed by atoms with Crippen molar-refractivity contribution in [2.45, 2.75) is 91.6 Å². The van der Waals surface area contributed by atoms with Gasteiger partial charge in [-0.15, -0.1) is 0 Å². The van der Waals surface area contributed by atoms with Crippen LogP contribution >= 0.6 is 0 Å². The third-order valence-electron chi connectivity index (χ3n) is 6.51. The average molecular weight is 477 g/mol. The lowest BCUT2D eigenvalue weighted by Gasteiger charge is -2.36. The van der Waals surface area contributed by atoms with Crippen molar-refractivity contribution in [2.24, 2.45) is 5.92 Å². The maximum atomic E-state index is 14.1. The van der Waals surface area contributed by atoms with E-state index >= 15 is 0 Å². The molecule has 0 spiro atoms. The second kappa shape index (κ2) is 10.1. The van der Waals surface area contributed by atoms with Gasteiger partial charge >= 0.3 is 5.97 Å². The Hall–Kier alpha value is -1.99. The molecule has 1 N–H and O–H groups in total. The fourth-order valence-corrected chi connectivity index (χ4v) is 4.55. The van der Waals surface area contributed by atoms with Gasteiger partial charge in [0.25, 0.3) is 0 Å². The van der Waals surface area contributed by atoms with Crippen molar-refractivity contribution in [1.82, 2.24) is 4.57 Å². The number of carbonyl (C=O) groups excluding carboxylic acids is 1. The van der Waals surface area contributed by atoms with Crippen LogP contribution in [0.2, 0.25) is 18.1 Å². The number of hydrogen-bond acceptors (Lipinski definition) is 4. The largest absolute Gasteiger partial charge is 0.455 e. The van der Waals surface area contributed by atoms with Crippen molar-refractivity contribution < 1.29 is 18.3 Å². The second-order valence-corrected chi connectivity index (χ2v) is 16.2. The molecule has 0 saturated carbocycles. The van der Waals surface area contributed by atoms with Gasteiger partial charge in [0.05, 0.1) is 12.1 Å². The van der Waals surface area contributed by atoms with E-state index in [1.165, 1.54) is 6.07 Å². The van der Waals surface area contributed by atoms with Gasteiger partial charge < -0.3 is 13.7 Å². The number of aromatic nitrogens is 1. The molecule has 0 fully saturated rings. The van der Waals surface area contributed by atoms with Gasteiger partial charge in [-0.25, -0.2) is 9.18 Å². The maximum absolute atomic E-state index is 14.1. The molecule has 0 aliphatic rings. The Bertz CT molecular complexity index is 999. The molecule has 1 heterocycles. The predicted octanol–water partition coefficient (Wildman–Crippen LogP) is 6.73. The Morgan fingerprint density at radius 1 is 1.18 bits per heavy atom. The summed E-state index contributed by atoms with van der Waals surface area (Å²) >= 11 is 0. The maximum Gasteiger partial charge on any atom is 0.352 e. The topological polar surface area (TPSA) is 64.3 Å². The lowest BCUT2D eigenvalue weighted by atomic mass is 9.92. The number of hydrogen-bond donors (Lipinski definition) is 1. The highest BCUT2D eigenvalue weighted by Crippen LogP contribution is 2.36. The molecule has 0 amide bonds. The van der Waals surface area contributed by atoms with Crippen molar-refractivity contribution in [2.75, 3.05) is 6.61 Å². The highest BCUT2D eigenvalue weighted by molar-refractivity contribution is 6.74. The van der Waals surface area contributed by atoms with Gasteiger partial charge in [-0.3, -0.25) is 5.41 Å². The summed E-state index contributed by atoms with van der Waals surface area (Å²) in [6.07, 6.45) is 3.18. The Morgan fingerprint density at radius 3 is 2.36 bits per heavy atom. The van der Waals surface area contributed by atoms with E-state index in [-0.39, 0.29) is 22.5 Å². The van der Waals surface area contributed by atoms with Gasteiger partial charge in [-0.05, 0) is 75.5 Å². The zero-order valence-electron chi connectivity index (χ0n) is 21.8. The number of carbonyl (C=O) groups is 1. The standard InChI is InChI=1S/C26H41FN2O3Si/c1-10-18(23(28)24(30)32-25(2,3)4)15-19-17-29(22-16-20(27)11-12-21(19)22)13-14-31-33(8,9)26(5,6)7/h11-12,16-18,28H,10,13-15H2,1-9H3. The molecule has 7 heteroatoms. The fraction of sp³-hybridized carbons (Fsp3) is 0.615. The van der Waals surface area contributed by atoms with Crippen LogP contribution in [-0.4, -0.2) is 36.8 Å². The first-order valence-electron chi connectivity index (χ1n) is 11.8. The number of nitrogens with zero attached hydrogens (tertiary/aromatic N) is 1. The summed E-state index contributed by atoms with van der Waals surface area (Å²) < 4.78 is 27.9. The molecule has 2 rings (SSSR count). The van der Waals surface area contributed by atoms with E-state index in [0.29, 0.717) is 26.0 Å². The first-order chi connectivity index (χ1) is 15.1. The van der Waals surface area contributed by atoms with Crippen LogP contribution in [-0.2, 0) is 26.9 Å². The Balaban J connectivity index is 2.27. The van der Waals surface area contributed by atoms with Gasteiger partial charge in [-0.1, -0.05) is 27.7 Å². The minimum Gasteiger partial charge on any atom is -0.455 e. The molecule has 0 aliphatic carbocycles. The van der Waals surface area contributed by atoms with Crippen molar-refractivity contribution in [1.29, 1.82) is 5.41 Å². The molecule has 5 nitrogen and oxygen atoms in total. The first-order valence-corrected chi connectivity index (χ1v) is 14.7. The lowest BCUT2D eigenvalue weighted by Crippen LogP contribution is -2.41. The van der Waals surface area contributed by atoms with E-state index in [0.717, 1.165) is 16.5 Å². The van der Waals surface area contributed by atoms with E-state index in [9.17, 15) is 9.18 Å². The Labute approximate surface area is 199 Å². The van der Waals surface area contributed by atoms with Crippen LogP contribution in [0.3, 0.4) is 0 Å². The first kappa shape index (κ1) is 27.3. The van der Waals surface area contributed by atoms with E-state index in [4.69, 9.17) is 14.6 Å². The minimum atomic E-state index is -1.88. The summed E-state index contributed by atoms with van der Waals surface area (Å²) in [4.78, 5) is 12.5. The lowest BCUT2D eigenvalue weighted by molar-refractivity contribution is -0.146. The molecular weight excluding hydrogens is 435 g/mol. The Kier molecular flexibility index (Phi) is 8.34. The monoisotopic (exact) mass is 476 g/mol. The normalized spacial score (nSPS) is 13.9. The number of nitrogens with one attached hydrogen (secondary N) is 1. The number of fused-ring (bicyclic) bond motifs is 1. The summed E-state index contributed by atoms with van der Waals surface area (Å²) in [5, 5.41) is 9.48. The molecule has 33 heavy (non-hydrogen) atoms. The van der Waals surface area contributed by atoms with Crippen LogP contribution in [0, 0.1) is 17.1 Å². The molecule has 0 aliphatic heterocycles.